The predicted molar refractivity (Wildman–Crippen MR) is 91.5 cm³/mol. The molecule has 0 aliphatic carbocycles. The molecule has 0 saturated carbocycles. The molecule has 2 N–H and O–H groups in total. The summed E-state index contributed by atoms with van der Waals surface area (Å²) < 4.78 is 19.1. The second-order valence-electron chi connectivity index (χ2n) is 4.34. The normalized spacial score (nSPS) is 10.8. The van der Waals surface area contributed by atoms with E-state index >= 15 is 0 Å². The number of benzene rings is 2. The topological polar surface area (TPSA) is 70.9 Å². The SMILES string of the molecule is COc1cc(Br)c(Br)c(/C=N/NC(=O)c2ccc(F)cc2)c1O. The van der Waals surface area contributed by atoms with Gasteiger partial charge in [-0.1, -0.05) is 0 Å². The number of hydrazone groups is 1. The van der Waals surface area contributed by atoms with Gasteiger partial charge in [0.25, 0.3) is 5.91 Å². The summed E-state index contributed by atoms with van der Waals surface area (Å²) in [6.07, 6.45) is 1.27. The number of nitrogens with zero attached hydrogens (tertiary/aromatic N) is 1. The van der Waals surface area contributed by atoms with Gasteiger partial charge < -0.3 is 9.84 Å². The van der Waals surface area contributed by atoms with Crippen LogP contribution in [0.3, 0.4) is 0 Å². The van der Waals surface area contributed by atoms with Crippen molar-refractivity contribution in [2.24, 2.45) is 5.10 Å². The van der Waals surface area contributed by atoms with Gasteiger partial charge in [-0.2, -0.15) is 5.10 Å². The summed E-state index contributed by atoms with van der Waals surface area (Å²) in [5, 5.41) is 13.9. The second-order valence-corrected chi connectivity index (χ2v) is 5.99. The Bertz CT molecular complexity index is 764. The van der Waals surface area contributed by atoms with E-state index in [1.54, 1.807) is 6.07 Å². The van der Waals surface area contributed by atoms with Gasteiger partial charge in [-0.3, -0.25) is 4.79 Å². The van der Waals surface area contributed by atoms with Crippen LogP contribution < -0.4 is 10.2 Å². The third kappa shape index (κ3) is 4.08. The highest BCUT2D eigenvalue weighted by molar-refractivity contribution is 9.13. The van der Waals surface area contributed by atoms with E-state index in [1.165, 1.54) is 37.6 Å². The lowest BCUT2D eigenvalue weighted by molar-refractivity contribution is 0.0955. The molecule has 23 heavy (non-hydrogen) atoms. The minimum atomic E-state index is -0.501. The molecule has 0 aromatic heterocycles. The molecular formula is C15H11Br2FN2O3. The maximum Gasteiger partial charge on any atom is 0.271 e. The molecule has 5 nitrogen and oxygen atoms in total. The molecule has 0 unspecified atom stereocenters. The van der Waals surface area contributed by atoms with Crippen molar-refractivity contribution in [3.63, 3.8) is 0 Å². The highest BCUT2D eigenvalue weighted by atomic mass is 79.9. The number of aromatic hydroxyl groups is 1. The summed E-state index contributed by atoms with van der Waals surface area (Å²) in [6, 6.07) is 6.64. The number of phenolic OH excluding ortho intramolecular Hbond substituents is 1. The lowest BCUT2D eigenvalue weighted by Gasteiger charge is -2.09. The van der Waals surface area contributed by atoms with E-state index in [-0.39, 0.29) is 17.1 Å². The number of methoxy groups -OCH3 is 1. The Balaban J connectivity index is 2.19. The van der Waals surface area contributed by atoms with Gasteiger partial charge in [0.2, 0.25) is 0 Å². The van der Waals surface area contributed by atoms with Gasteiger partial charge >= 0.3 is 0 Å². The fourth-order valence-electron chi connectivity index (χ4n) is 1.71. The van der Waals surface area contributed by atoms with E-state index in [2.05, 4.69) is 42.4 Å². The van der Waals surface area contributed by atoms with Crippen LogP contribution in [0.2, 0.25) is 0 Å². The zero-order valence-electron chi connectivity index (χ0n) is 11.8. The van der Waals surface area contributed by atoms with Gasteiger partial charge in [0.1, 0.15) is 5.82 Å². The zero-order chi connectivity index (χ0) is 17.0. The first-order chi connectivity index (χ1) is 10.9. The third-order valence-electron chi connectivity index (χ3n) is 2.88. The van der Waals surface area contributed by atoms with E-state index in [4.69, 9.17) is 4.74 Å². The fraction of sp³-hybridized carbons (Fsp3) is 0.0667. The number of halogens is 3. The van der Waals surface area contributed by atoms with Gasteiger partial charge in [0, 0.05) is 14.5 Å². The number of carbonyl (C=O) groups is 1. The van der Waals surface area contributed by atoms with Crippen molar-refractivity contribution in [3.8, 4) is 11.5 Å². The maximum atomic E-state index is 12.8. The number of carbonyl (C=O) groups excluding carboxylic acids is 1. The quantitative estimate of drug-likeness (QED) is 0.555. The Labute approximate surface area is 148 Å². The summed E-state index contributed by atoms with van der Waals surface area (Å²) in [5.41, 5.74) is 2.89. The molecule has 0 fully saturated rings. The van der Waals surface area contributed by atoms with Crippen LogP contribution in [-0.2, 0) is 0 Å². The lowest BCUT2D eigenvalue weighted by Crippen LogP contribution is -2.17. The molecule has 0 spiro atoms. The molecule has 120 valence electrons. The zero-order valence-corrected chi connectivity index (χ0v) is 15.0. The van der Waals surface area contributed by atoms with E-state index in [9.17, 15) is 14.3 Å². The molecule has 2 aromatic rings. The van der Waals surface area contributed by atoms with Gasteiger partial charge in [-0.15, -0.1) is 0 Å². The standard InChI is InChI=1S/C15H11Br2FN2O3/c1-23-12-6-11(16)13(17)10(14(12)21)7-19-20-15(22)8-2-4-9(18)5-3-8/h2-7,21H,1H3,(H,20,22)/b19-7+. The molecule has 0 aliphatic rings. The van der Waals surface area contributed by atoms with Crippen molar-refractivity contribution < 1.29 is 19.0 Å². The van der Waals surface area contributed by atoms with Crippen LogP contribution in [0.15, 0.2) is 44.4 Å². The van der Waals surface area contributed by atoms with Crippen molar-refractivity contribution in [1.29, 1.82) is 0 Å². The maximum absolute atomic E-state index is 12.8. The van der Waals surface area contributed by atoms with Gasteiger partial charge in [0.05, 0.1) is 18.9 Å². The van der Waals surface area contributed by atoms with E-state index in [0.717, 1.165) is 0 Å². The number of nitrogens with one attached hydrogen (secondary N) is 1. The summed E-state index contributed by atoms with van der Waals surface area (Å²) in [6.45, 7) is 0. The molecule has 1 amide bonds. The minimum absolute atomic E-state index is 0.123. The monoisotopic (exact) mass is 444 g/mol. The lowest BCUT2D eigenvalue weighted by atomic mass is 10.2. The van der Waals surface area contributed by atoms with Crippen LogP contribution in [0.25, 0.3) is 0 Å². The molecule has 0 aliphatic heterocycles. The van der Waals surface area contributed by atoms with Gasteiger partial charge in [-0.25, -0.2) is 9.82 Å². The number of phenols is 1. The first kappa shape index (κ1) is 17.4. The van der Waals surface area contributed by atoms with E-state index in [0.29, 0.717) is 14.5 Å². The number of rotatable bonds is 4. The molecule has 0 bridgehead atoms. The predicted octanol–water partition coefficient (Wildman–Crippen LogP) is 3.83. The molecule has 0 atom stereocenters. The Morgan fingerprint density at radius 1 is 1.35 bits per heavy atom. The van der Waals surface area contributed by atoms with Crippen LogP contribution in [0.1, 0.15) is 15.9 Å². The Hall–Kier alpha value is -1.93. The first-order valence-corrected chi connectivity index (χ1v) is 7.86. The van der Waals surface area contributed by atoms with Crippen molar-refractivity contribution in [2.45, 2.75) is 0 Å². The average molecular weight is 446 g/mol. The van der Waals surface area contributed by atoms with Crippen LogP contribution in [0.5, 0.6) is 11.5 Å². The summed E-state index contributed by atoms with van der Waals surface area (Å²) in [7, 11) is 1.42. The van der Waals surface area contributed by atoms with Crippen molar-refractivity contribution in [2.75, 3.05) is 7.11 Å². The number of hydrogen-bond acceptors (Lipinski definition) is 4. The fourth-order valence-corrected chi connectivity index (χ4v) is 2.53. The number of amides is 1. The van der Waals surface area contributed by atoms with Gasteiger partial charge in [-0.05, 0) is 62.2 Å². The highest BCUT2D eigenvalue weighted by Gasteiger charge is 2.14. The second kappa shape index (κ2) is 7.56. The van der Waals surface area contributed by atoms with Crippen molar-refractivity contribution in [1.82, 2.24) is 5.43 Å². The molecule has 0 heterocycles. The Morgan fingerprint density at radius 2 is 2.00 bits per heavy atom. The summed E-state index contributed by atoms with van der Waals surface area (Å²) in [5.74, 6) is -0.798. The molecule has 0 radical (unpaired) electrons. The molecule has 8 heteroatoms. The van der Waals surface area contributed by atoms with Crippen LogP contribution in [0.4, 0.5) is 4.39 Å². The molecule has 2 aromatic carbocycles. The molecular weight excluding hydrogens is 435 g/mol. The molecule has 0 saturated heterocycles. The van der Waals surface area contributed by atoms with Crippen molar-refractivity contribution >= 4 is 44.0 Å². The Morgan fingerprint density at radius 3 is 2.61 bits per heavy atom. The number of ether oxygens (including phenoxy) is 1. The Kier molecular flexibility index (Phi) is 5.73. The van der Waals surface area contributed by atoms with E-state index < -0.39 is 11.7 Å². The third-order valence-corrected chi connectivity index (χ3v) is 4.89. The van der Waals surface area contributed by atoms with Gasteiger partial charge in [0.15, 0.2) is 11.5 Å². The highest BCUT2D eigenvalue weighted by Crippen LogP contribution is 2.39. The smallest absolute Gasteiger partial charge is 0.271 e. The molecule has 2 rings (SSSR count). The first-order valence-electron chi connectivity index (χ1n) is 6.28. The summed E-state index contributed by atoms with van der Waals surface area (Å²) in [4.78, 5) is 11.9. The summed E-state index contributed by atoms with van der Waals surface area (Å²) >= 11 is 6.62. The van der Waals surface area contributed by atoms with Crippen molar-refractivity contribution in [3.05, 3.63) is 56.2 Å². The van der Waals surface area contributed by atoms with Crippen LogP contribution in [0, 0.1) is 5.82 Å². The minimum Gasteiger partial charge on any atom is -0.504 e. The van der Waals surface area contributed by atoms with E-state index in [1.807, 2.05) is 0 Å². The average Bonchev–Trinajstić information content (AvgIpc) is 2.54. The largest absolute Gasteiger partial charge is 0.504 e. The van der Waals surface area contributed by atoms with Crippen LogP contribution >= 0.6 is 31.9 Å². The number of hydrogen-bond donors (Lipinski definition) is 2. The van der Waals surface area contributed by atoms with Crippen LogP contribution in [-0.4, -0.2) is 24.3 Å².